The molecule has 3 amide bonds. The minimum atomic E-state index is -0.709. The first-order valence-electron chi connectivity index (χ1n) is 9.52. The van der Waals surface area contributed by atoms with Gasteiger partial charge in [-0.1, -0.05) is 53.8 Å². The van der Waals surface area contributed by atoms with E-state index in [9.17, 15) is 9.59 Å². The van der Waals surface area contributed by atoms with Crippen molar-refractivity contribution in [1.82, 2.24) is 15.2 Å². The maximum absolute atomic E-state index is 13.0. The van der Waals surface area contributed by atoms with Crippen molar-refractivity contribution in [3.05, 3.63) is 60.2 Å². The molecular weight excluding hydrogens is 388 g/mol. The normalized spacial score (nSPS) is 15.1. The van der Waals surface area contributed by atoms with Crippen LogP contribution >= 0.6 is 11.3 Å². The number of aromatic nitrogens is 1. The Morgan fingerprint density at radius 3 is 2.55 bits per heavy atom. The number of benzene rings is 2. The minimum Gasteiger partial charge on any atom is -0.378 e. The molecule has 150 valence electrons. The number of para-hydroxylation sites is 1. The third-order valence-electron chi connectivity index (χ3n) is 4.72. The van der Waals surface area contributed by atoms with Crippen LogP contribution in [0.4, 0.5) is 9.93 Å². The van der Waals surface area contributed by atoms with Crippen LogP contribution in [0.5, 0.6) is 0 Å². The molecule has 2 heterocycles. The van der Waals surface area contributed by atoms with Gasteiger partial charge < -0.3 is 20.3 Å². The Balaban J connectivity index is 1.49. The molecule has 1 aliphatic rings. The number of urea groups is 1. The zero-order chi connectivity index (χ0) is 20.1. The first-order valence-corrected chi connectivity index (χ1v) is 10.3. The number of hydrogen-bond donors (Lipinski definition) is 2. The lowest BCUT2D eigenvalue weighted by molar-refractivity contribution is -0.118. The van der Waals surface area contributed by atoms with Gasteiger partial charge >= 0.3 is 6.03 Å². The molecule has 1 aromatic heterocycles. The summed E-state index contributed by atoms with van der Waals surface area (Å²) in [6.07, 6.45) is 0.396. The number of fused-ring (bicyclic) bond motifs is 1. The van der Waals surface area contributed by atoms with Crippen LogP contribution in [-0.2, 0) is 16.0 Å². The van der Waals surface area contributed by atoms with Gasteiger partial charge in [0, 0.05) is 19.5 Å². The molecule has 4 rings (SSSR count). The number of carbonyl (C=O) groups is 2. The second-order valence-electron chi connectivity index (χ2n) is 6.77. The summed E-state index contributed by atoms with van der Waals surface area (Å²) in [6.45, 7) is 2.05. The summed E-state index contributed by atoms with van der Waals surface area (Å²) in [6, 6.07) is 16.4. The molecule has 0 radical (unpaired) electrons. The predicted molar refractivity (Wildman–Crippen MR) is 113 cm³/mol. The molecule has 0 spiro atoms. The lowest BCUT2D eigenvalue weighted by Crippen LogP contribution is -2.53. The van der Waals surface area contributed by atoms with E-state index in [1.807, 2.05) is 54.6 Å². The monoisotopic (exact) mass is 410 g/mol. The smallest absolute Gasteiger partial charge is 0.318 e. The molecule has 7 nitrogen and oxygen atoms in total. The first-order chi connectivity index (χ1) is 14.2. The number of amides is 3. The molecule has 1 atom stereocenters. The van der Waals surface area contributed by atoms with Crippen molar-refractivity contribution in [2.24, 2.45) is 0 Å². The van der Waals surface area contributed by atoms with Crippen molar-refractivity contribution < 1.29 is 14.3 Å². The zero-order valence-corrected chi connectivity index (χ0v) is 16.7. The van der Waals surface area contributed by atoms with E-state index in [2.05, 4.69) is 15.6 Å². The lowest BCUT2D eigenvalue weighted by Gasteiger charge is -2.29. The maximum atomic E-state index is 13.0. The van der Waals surface area contributed by atoms with E-state index in [-0.39, 0.29) is 11.9 Å². The van der Waals surface area contributed by atoms with E-state index < -0.39 is 6.04 Å². The fourth-order valence-electron chi connectivity index (χ4n) is 3.18. The summed E-state index contributed by atoms with van der Waals surface area (Å²) >= 11 is 1.41. The van der Waals surface area contributed by atoms with Gasteiger partial charge in [-0.25, -0.2) is 9.78 Å². The van der Waals surface area contributed by atoms with Gasteiger partial charge in [0.1, 0.15) is 6.04 Å². The van der Waals surface area contributed by atoms with Crippen LogP contribution in [0.3, 0.4) is 0 Å². The van der Waals surface area contributed by atoms with Crippen LogP contribution in [0.15, 0.2) is 54.6 Å². The Hall–Kier alpha value is -2.97. The van der Waals surface area contributed by atoms with Gasteiger partial charge in [0.15, 0.2) is 5.13 Å². The fraction of sp³-hybridized carbons (Fsp3) is 0.286. The van der Waals surface area contributed by atoms with E-state index >= 15 is 0 Å². The lowest BCUT2D eigenvalue weighted by atomic mass is 10.1. The average Bonchev–Trinajstić information content (AvgIpc) is 3.17. The van der Waals surface area contributed by atoms with E-state index in [0.717, 1.165) is 15.8 Å². The largest absolute Gasteiger partial charge is 0.378 e. The highest BCUT2D eigenvalue weighted by Crippen LogP contribution is 2.25. The number of nitrogens with one attached hydrogen (secondary N) is 2. The van der Waals surface area contributed by atoms with Gasteiger partial charge in [0.05, 0.1) is 23.4 Å². The highest BCUT2D eigenvalue weighted by atomic mass is 32.1. The Morgan fingerprint density at radius 1 is 1.07 bits per heavy atom. The van der Waals surface area contributed by atoms with E-state index in [1.165, 1.54) is 11.3 Å². The van der Waals surface area contributed by atoms with Crippen molar-refractivity contribution in [3.8, 4) is 0 Å². The number of carbonyl (C=O) groups excluding carboxylic acids is 2. The Morgan fingerprint density at radius 2 is 1.79 bits per heavy atom. The van der Waals surface area contributed by atoms with Gasteiger partial charge in [-0.05, 0) is 17.7 Å². The summed E-state index contributed by atoms with van der Waals surface area (Å²) in [5, 5.41) is 6.28. The molecule has 3 aromatic rings. The summed E-state index contributed by atoms with van der Waals surface area (Å²) in [5.41, 5.74) is 1.81. The molecule has 1 saturated heterocycles. The summed E-state index contributed by atoms with van der Waals surface area (Å²) in [4.78, 5) is 31.8. The number of ether oxygens (including phenoxy) is 1. The summed E-state index contributed by atoms with van der Waals surface area (Å²) in [7, 11) is 0. The summed E-state index contributed by atoms with van der Waals surface area (Å²) in [5.74, 6) is -0.283. The molecular formula is C21H22N4O3S. The number of rotatable bonds is 5. The Labute approximate surface area is 172 Å². The third-order valence-corrected chi connectivity index (χ3v) is 5.67. The van der Waals surface area contributed by atoms with Crippen molar-refractivity contribution in [2.75, 3.05) is 31.6 Å². The molecule has 0 unspecified atom stereocenters. The topological polar surface area (TPSA) is 83.6 Å². The summed E-state index contributed by atoms with van der Waals surface area (Å²) < 4.78 is 6.30. The maximum Gasteiger partial charge on any atom is 0.318 e. The van der Waals surface area contributed by atoms with Crippen LogP contribution in [0.1, 0.15) is 5.56 Å². The Bertz CT molecular complexity index is 953. The zero-order valence-electron chi connectivity index (χ0n) is 15.8. The van der Waals surface area contributed by atoms with Crippen molar-refractivity contribution >= 4 is 38.6 Å². The van der Waals surface area contributed by atoms with E-state index in [0.29, 0.717) is 37.9 Å². The molecule has 1 fully saturated rings. The average molecular weight is 410 g/mol. The van der Waals surface area contributed by atoms with Crippen molar-refractivity contribution in [3.63, 3.8) is 0 Å². The van der Waals surface area contributed by atoms with Gasteiger partial charge in [0.25, 0.3) is 0 Å². The molecule has 0 bridgehead atoms. The molecule has 8 heteroatoms. The number of thiazole rings is 1. The van der Waals surface area contributed by atoms with Crippen molar-refractivity contribution in [2.45, 2.75) is 12.5 Å². The van der Waals surface area contributed by atoms with Gasteiger partial charge in [-0.15, -0.1) is 0 Å². The molecule has 0 aliphatic carbocycles. The molecule has 2 aromatic carbocycles. The molecule has 1 aliphatic heterocycles. The van der Waals surface area contributed by atoms with Gasteiger partial charge in [0.2, 0.25) is 5.91 Å². The molecule has 0 saturated carbocycles. The highest BCUT2D eigenvalue weighted by Gasteiger charge is 2.25. The van der Waals surface area contributed by atoms with Crippen LogP contribution in [-0.4, -0.2) is 54.2 Å². The second-order valence-corrected chi connectivity index (χ2v) is 7.80. The van der Waals surface area contributed by atoms with Crippen LogP contribution in [0, 0.1) is 0 Å². The number of hydrogen-bond acceptors (Lipinski definition) is 5. The predicted octanol–water partition coefficient (Wildman–Crippen LogP) is 2.89. The highest BCUT2D eigenvalue weighted by molar-refractivity contribution is 7.22. The van der Waals surface area contributed by atoms with Gasteiger partial charge in [-0.2, -0.15) is 0 Å². The van der Waals surface area contributed by atoms with Crippen LogP contribution in [0.2, 0.25) is 0 Å². The van der Waals surface area contributed by atoms with Gasteiger partial charge in [-0.3, -0.25) is 4.79 Å². The van der Waals surface area contributed by atoms with E-state index in [1.54, 1.807) is 4.90 Å². The number of anilines is 1. The standard InChI is InChI=1S/C21H22N4O3S/c26-19(24-20-22-16-8-4-5-9-18(16)29-20)17(14-15-6-2-1-3-7-15)23-21(27)25-10-12-28-13-11-25/h1-9,17H,10-14H2,(H,23,27)(H,22,24,26)/t17-/m0/s1. The Kier molecular flexibility index (Phi) is 6.02. The van der Waals surface area contributed by atoms with Crippen molar-refractivity contribution in [1.29, 1.82) is 0 Å². The fourth-order valence-corrected chi connectivity index (χ4v) is 4.05. The second kappa shape index (κ2) is 9.02. The molecule has 2 N–H and O–H groups in total. The minimum absolute atomic E-state index is 0.256. The SMILES string of the molecule is O=C(Nc1nc2ccccc2s1)[C@H](Cc1ccccc1)NC(=O)N1CCOCC1. The van der Waals surface area contributed by atoms with E-state index in [4.69, 9.17) is 4.74 Å². The third kappa shape index (κ3) is 4.90. The quantitative estimate of drug-likeness (QED) is 0.678. The first kappa shape index (κ1) is 19.4. The van der Waals surface area contributed by atoms with Crippen LogP contribution < -0.4 is 10.6 Å². The van der Waals surface area contributed by atoms with Crippen LogP contribution in [0.25, 0.3) is 10.2 Å². The number of morpholine rings is 1. The molecule has 29 heavy (non-hydrogen) atoms. The number of nitrogens with zero attached hydrogens (tertiary/aromatic N) is 2.